The molecule has 2 aromatic rings. The molecule has 1 aliphatic heterocycles. The average molecular weight is 328 g/mol. The molecule has 0 aliphatic carbocycles. The van der Waals surface area contributed by atoms with E-state index in [4.69, 9.17) is 4.74 Å². The Bertz CT molecular complexity index is 791. The van der Waals surface area contributed by atoms with Gasteiger partial charge in [0.25, 0.3) is 5.91 Å². The number of nitrogens with one attached hydrogen (secondary N) is 1. The van der Waals surface area contributed by atoms with Crippen molar-refractivity contribution >= 4 is 11.9 Å². The zero-order chi connectivity index (χ0) is 17.3. The van der Waals surface area contributed by atoms with Crippen molar-refractivity contribution in [2.45, 2.75) is 19.0 Å². The van der Waals surface area contributed by atoms with E-state index in [0.717, 1.165) is 4.90 Å². The topological polar surface area (TPSA) is 58.6 Å². The van der Waals surface area contributed by atoms with E-state index in [1.807, 2.05) is 0 Å². The van der Waals surface area contributed by atoms with Crippen molar-refractivity contribution in [3.05, 3.63) is 65.5 Å². The summed E-state index contributed by atoms with van der Waals surface area (Å²) in [5.41, 5.74) is 0.155. The van der Waals surface area contributed by atoms with Crippen molar-refractivity contribution in [2.75, 3.05) is 7.11 Å². The number of hydrogen-bond acceptors (Lipinski definition) is 3. The lowest BCUT2D eigenvalue weighted by Gasteiger charge is -2.22. The van der Waals surface area contributed by atoms with Crippen LogP contribution in [0.2, 0.25) is 0 Å². The Morgan fingerprint density at radius 1 is 1.17 bits per heavy atom. The fourth-order valence-corrected chi connectivity index (χ4v) is 2.74. The molecule has 124 valence electrons. The lowest BCUT2D eigenvalue weighted by atomic mass is 9.92. The number of amides is 3. The van der Waals surface area contributed by atoms with E-state index in [2.05, 4.69) is 5.32 Å². The van der Waals surface area contributed by atoms with Gasteiger partial charge < -0.3 is 10.1 Å². The third-order valence-corrected chi connectivity index (χ3v) is 4.18. The molecule has 5 nitrogen and oxygen atoms in total. The number of nitrogens with zero attached hydrogens (tertiary/aromatic N) is 1. The predicted molar refractivity (Wildman–Crippen MR) is 85.8 cm³/mol. The van der Waals surface area contributed by atoms with Gasteiger partial charge in [-0.15, -0.1) is 0 Å². The molecule has 0 saturated carbocycles. The molecule has 0 aromatic heterocycles. The molecule has 24 heavy (non-hydrogen) atoms. The standard InChI is InChI=1S/C18H17FN2O3/c1-18(13-4-3-5-15(10-13)24-2)16(22)21(17(23)20-18)11-12-6-8-14(19)9-7-12/h3-10H,11H2,1-2H3,(H,20,23)/t18-/m0/s1. The van der Waals surface area contributed by atoms with Crippen LogP contribution in [0.15, 0.2) is 48.5 Å². The number of hydrogen-bond donors (Lipinski definition) is 1. The summed E-state index contributed by atoms with van der Waals surface area (Å²) >= 11 is 0. The van der Waals surface area contributed by atoms with Crippen LogP contribution in [0, 0.1) is 5.82 Å². The molecule has 1 fully saturated rings. The van der Waals surface area contributed by atoms with E-state index in [9.17, 15) is 14.0 Å². The highest BCUT2D eigenvalue weighted by Gasteiger charge is 2.49. The van der Waals surface area contributed by atoms with Crippen LogP contribution in [0.3, 0.4) is 0 Å². The van der Waals surface area contributed by atoms with Gasteiger partial charge in [-0.05, 0) is 42.3 Å². The monoisotopic (exact) mass is 328 g/mol. The summed E-state index contributed by atoms with van der Waals surface area (Å²) in [5.74, 6) is -0.116. The molecule has 1 saturated heterocycles. The minimum Gasteiger partial charge on any atom is -0.497 e. The first-order valence-electron chi connectivity index (χ1n) is 7.47. The number of urea groups is 1. The average Bonchev–Trinajstić information content (AvgIpc) is 2.81. The zero-order valence-corrected chi connectivity index (χ0v) is 13.4. The third kappa shape index (κ3) is 2.71. The predicted octanol–water partition coefficient (Wildman–Crippen LogP) is 2.80. The number of carbonyl (C=O) groups is 2. The van der Waals surface area contributed by atoms with Gasteiger partial charge in [-0.25, -0.2) is 9.18 Å². The number of halogens is 1. The molecule has 0 bridgehead atoms. The Morgan fingerprint density at radius 3 is 2.54 bits per heavy atom. The maximum atomic E-state index is 13.0. The molecule has 2 aromatic carbocycles. The molecule has 0 unspecified atom stereocenters. The van der Waals surface area contributed by atoms with Crippen LogP contribution in [0.4, 0.5) is 9.18 Å². The first-order valence-corrected chi connectivity index (χ1v) is 7.47. The minimum atomic E-state index is -1.16. The van der Waals surface area contributed by atoms with Crippen LogP contribution >= 0.6 is 0 Å². The second kappa shape index (κ2) is 5.96. The summed E-state index contributed by atoms with van der Waals surface area (Å²) < 4.78 is 18.2. The van der Waals surface area contributed by atoms with Crippen molar-refractivity contribution < 1.29 is 18.7 Å². The van der Waals surface area contributed by atoms with Gasteiger partial charge >= 0.3 is 6.03 Å². The molecule has 3 rings (SSSR count). The largest absolute Gasteiger partial charge is 0.497 e. The first-order chi connectivity index (χ1) is 11.4. The highest BCUT2D eigenvalue weighted by atomic mass is 19.1. The van der Waals surface area contributed by atoms with Gasteiger partial charge in [0.1, 0.15) is 17.1 Å². The first kappa shape index (κ1) is 16.0. The van der Waals surface area contributed by atoms with Crippen LogP contribution in [0.5, 0.6) is 5.75 Å². The molecule has 1 N–H and O–H groups in total. The summed E-state index contributed by atoms with van der Waals surface area (Å²) in [5, 5.41) is 2.74. The maximum absolute atomic E-state index is 13.0. The summed E-state index contributed by atoms with van der Waals surface area (Å²) in [7, 11) is 1.54. The van der Waals surface area contributed by atoms with E-state index in [0.29, 0.717) is 16.9 Å². The van der Waals surface area contributed by atoms with Gasteiger partial charge in [0.2, 0.25) is 0 Å². The van der Waals surface area contributed by atoms with Crippen molar-refractivity contribution in [1.29, 1.82) is 0 Å². The van der Waals surface area contributed by atoms with Crippen molar-refractivity contribution in [2.24, 2.45) is 0 Å². The molecule has 1 atom stereocenters. The number of imide groups is 1. The minimum absolute atomic E-state index is 0.0878. The molecule has 1 aliphatic rings. The lowest BCUT2D eigenvalue weighted by Crippen LogP contribution is -2.40. The lowest BCUT2D eigenvalue weighted by molar-refractivity contribution is -0.131. The molecule has 1 heterocycles. The van der Waals surface area contributed by atoms with Gasteiger partial charge in [-0.3, -0.25) is 9.69 Å². The van der Waals surface area contributed by atoms with Gasteiger partial charge in [-0.1, -0.05) is 24.3 Å². The van der Waals surface area contributed by atoms with Crippen molar-refractivity contribution in [1.82, 2.24) is 10.2 Å². The Hall–Kier alpha value is -2.89. The number of rotatable bonds is 4. The van der Waals surface area contributed by atoms with Crippen LogP contribution in [0.25, 0.3) is 0 Å². The maximum Gasteiger partial charge on any atom is 0.325 e. The zero-order valence-electron chi connectivity index (χ0n) is 13.4. The van der Waals surface area contributed by atoms with Gasteiger partial charge in [0.05, 0.1) is 13.7 Å². The number of ether oxygens (including phenoxy) is 1. The molecule has 3 amide bonds. The Kier molecular flexibility index (Phi) is 3.97. The molecule has 6 heteroatoms. The van der Waals surface area contributed by atoms with Gasteiger partial charge in [-0.2, -0.15) is 0 Å². The SMILES string of the molecule is COc1cccc([C@]2(C)NC(=O)N(Cc3ccc(F)cc3)C2=O)c1. The van der Waals surface area contributed by atoms with Crippen LogP contribution < -0.4 is 10.1 Å². The number of carbonyl (C=O) groups excluding carboxylic acids is 2. The van der Waals surface area contributed by atoms with E-state index in [1.165, 1.54) is 19.2 Å². The Labute approximate surface area is 139 Å². The second-order valence-electron chi connectivity index (χ2n) is 5.80. The summed E-state index contributed by atoms with van der Waals surface area (Å²) in [6.45, 7) is 1.75. The molecular weight excluding hydrogens is 311 g/mol. The third-order valence-electron chi connectivity index (χ3n) is 4.18. The summed E-state index contributed by atoms with van der Waals surface area (Å²) in [6.07, 6.45) is 0. The van der Waals surface area contributed by atoms with Crippen molar-refractivity contribution in [3.8, 4) is 5.75 Å². The normalized spacial score (nSPS) is 20.2. The Balaban J connectivity index is 1.88. The fraction of sp³-hybridized carbons (Fsp3) is 0.222. The van der Waals surface area contributed by atoms with E-state index in [1.54, 1.807) is 43.3 Å². The molecular formula is C18H17FN2O3. The highest BCUT2D eigenvalue weighted by molar-refractivity contribution is 6.07. The van der Waals surface area contributed by atoms with E-state index >= 15 is 0 Å². The fourth-order valence-electron chi connectivity index (χ4n) is 2.74. The van der Waals surface area contributed by atoms with E-state index < -0.39 is 11.6 Å². The summed E-state index contributed by atoms with van der Waals surface area (Å²) in [4.78, 5) is 26.3. The van der Waals surface area contributed by atoms with Crippen LogP contribution in [-0.4, -0.2) is 23.9 Å². The van der Waals surface area contributed by atoms with Crippen LogP contribution in [0.1, 0.15) is 18.1 Å². The van der Waals surface area contributed by atoms with Gasteiger partial charge in [0.15, 0.2) is 0 Å². The van der Waals surface area contributed by atoms with Crippen LogP contribution in [-0.2, 0) is 16.9 Å². The quantitative estimate of drug-likeness (QED) is 0.878. The number of benzene rings is 2. The molecule has 0 spiro atoms. The second-order valence-corrected chi connectivity index (χ2v) is 5.80. The van der Waals surface area contributed by atoms with E-state index in [-0.39, 0.29) is 18.3 Å². The smallest absolute Gasteiger partial charge is 0.325 e. The highest BCUT2D eigenvalue weighted by Crippen LogP contribution is 2.31. The number of methoxy groups -OCH3 is 1. The van der Waals surface area contributed by atoms with Crippen molar-refractivity contribution in [3.63, 3.8) is 0 Å². The van der Waals surface area contributed by atoms with Gasteiger partial charge in [0, 0.05) is 0 Å². The molecule has 0 radical (unpaired) electrons. The summed E-state index contributed by atoms with van der Waals surface area (Å²) in [6, 6.07) is 12.3. The Morgan fingerprint density at radius 2 is 1.88 bits per heavy atom.